The van der Waals surface area contributed by atoms with Crippen molar-refractivity contribution in [3.05, 3.63) is 53.6 Å². The van der Waals surface area contributed by atoms with Gasteiger partial charge in [-0.25, -0.2) is 4.99 Å². The fourth-order valence-electron chi connectivity index (χ4n) is 2.98. The minimum atomic E-state index is -2.97. The molecule has 3 N–H and O–H groups in total. The molecule has 0 spiro atoms. The number of aliphatic imine (C=N–C) groups is 1. The third kappa shape index (κ3) is 8.56. The zero-order valence-corrected chi connectivity index (χ0v) is 20.4. The molecule has 0 fully saturated rings. The largest absolute Gasteiger partial charge is 0.454 e. The average Bonchev–Trinajstić information content (AvgIpc) is 3.23. The van der Waals surface area contributed by atoms with Gasteiger partial charge in [0.2, 0.25) is 12.7 Å². The molecule has 3 rings (SSSR count). The van der Waals surface area contributed by atoms with Crippen molar-refractivity contribution >= 4 is 35.8 Å². The molecule has 0 saturated carbocycles. The van der Waals surface area contributed by atoms with Crippen LogP contribution in [0.25, 0.3) is 0 Å². The van der Waals surface area contributed by atoms with Gasteiger partial charge in [-0.05, 0) is 18.6 Å². The standard InChI is InChI=1S/C22H26F2N4O4.HI/c1-2-25-22(26-9-8-20(29)27-12-15-6-4-3-5-7-15)28-13-16-10-18-19(31-14-30-18)11-17(16)32-21(23)24;/h3-7,10-11,21H,2,8-9,12-14H2,1H3,(H,27,29)(H2,25,26,28);1H. The zero-order chi connectivity index (χ0) is 22.8. The maximum Gasteiger partial charge on any atom is 0.387 e. The predicted molar refractivity (Wildman–Crippen MR) is 130 cm³/mol. The van der Waals surface area contributed by atoms with E-state index in [4.69, 9.17) is 9.47 Å². The van der Waals surface area contributed by atoms with Gasteiger partial charge in [-0.15, -0.1) is 24.0 Å². The van der Waals surface area contributed by atoms with Gasteiger partial charge in [-0.1, -0.05) is 30.3 Å². The summed E-state index contributed by atoms with van der Waals surface area (Å²) in [5.41, 5.74) is 1.45. The van der Waals surface area contributed by atoms with Gasteiger partial charge >= 0.3 is 6.61 Å². The molecule has 2 aromatic rings. The van der Waals surface area contributed by atoms with Crippen LogP contribution in [0.1, 0.15) is 24.5 Å². The summed E-state index contributed by atoms with van der Waals surface area (Å²) in [4.78, 5) is 16.5. The summed E-state index contributed by atoms with van der Waals surface area (Å²) in [6.07, 6.45) is 0.251. The van der Waals surface area contributed by atoms with Gasteiger partial charge in [-0.2, -0.15) is 8.78 Å². The first-order chi connectivity index (χ1) is 15.5. The Hall–Kier alpha value is -2.83. The molecule has 33 heavy (non-hydrogen) atoms. The first kappa shape index (κ1) is 26.4. The van der Waals surface area contributed by atoms with E-state index in [1.165, 1.54) is 6.07 Å². The van der Waals surface area contributed by atoms with Crippen molar-refractivity contribution in [2.24, 2.45) is 4.99 Å². The summed E-state index contributed by atoms with van der Waals surface area (Å²) < 4.78 is 40.7. The van der Waals surface area contributed by atoms with Crippen molar-refractivity contribution < 1.29 is 27.8 Å². The van der Waals surface area contributed by atoms with Crippen LogP contribution in [-0.2, 0) is 17.9 Å². The van der Waals surface area contributed by atoms with Gasteiger partial charge in [0.15, 0.2) is 17.5 Å². The van der Waals surface area contributed by atoms with Gasteiger partial charge in [0.25, 0.3) is 0 Å². The number of nitrogens with zero attached hydrogens (tertiary/aromatic N) is 1. The van der Waals surface area contributed by atoms with Crippen molar-refractivity contribution in [1.82, 2.24) is 16.0 Å². The first-order valence-electron chi connectivity index (χ1n) is 10.2. The van der Waals surface area contributed by atoms with Gasteiger partial charge in [0.1, 0.15) is 5.75 Å². The minimum absolute atomic E-state index is 0. The van der Waals surface area contributed by atoms with Crippen LogP contribution in [0.5, 0.6) is 17.2 Å². The van der Waals surface area contributed by atoms with E-state index in [2.05, 4.69) is 25.7 Å². The Kier molecular flexibility index (Phi) is 10.9. The topological polar surface area (TPSA) is 93.2 Å². The number of halogens is 3. The number of alkyl halides is 2. The Morgan fingerprint density at radius 3 is 2.55 bits per heavy atom. The van der Waals surface area contributed by atoms with E-state index in [-0.39, 0.29) is 55.4 Å². The van der Waals surface area contributed by atoms with Crippen molar-refractivity contribution in [2.45, 2.75) is 33.0 Å². The fourth-order valence-corrected chi connectivity index (χ4v) is 2.98. The molecule has 1 heterocycles. The van der Waals surface area contributed by atoms with E-state index in [1.54, 1.807) is 6.07 Å². The lowest BCUT2D eigenvalue weighted by Gasteiger charge is -2.13. The fraction of sp³-hybridized carbons (Fsp3) is 0.364. The molecular weight excluding hydrogens is 549 g/mol. The van der Waals surface area contributed by atoms with Crippen molar-refractivity contribution in [1.29, 1.82) is 0 Å². The van der Waals surface area contributed by atoms with Crippen LogP contribution in [0.2, 0.25) is 0 Å². The lowest BCUT2D eigenvalue weighted by atomic mass is 10.1. The van der Waals surface area contributed by atoms with Gasteiger partial charge in [0, 0.05) is 37.7 Å². The molecule has 11 heteroatoms. The van der Waals surface area contributed by atoms with Crippen LogP contribution >= 0.6 is 24.0 Å². The molecule has 180 valence electrons. The van der Waals surface area contributed by atoms with E-state index in [0.717, 1.165) is 5.56 Å². The summed E-state index contributed by atoms with van der Waals surface area (Å²) in [7, 11) is 0. The van der Waals surface area contributed by atoms with Crippen molar-refractivity contribution in [3.8, 4) is 17.2 Å². The van der Waals surface area contributed by atoms with Gasteiger partial charge in [0.05, 0.1) is 6.54 Å². The van der Waals surface area contributed by atoms with Crippen molar-refractivity contribution in [2.75, 3.05) is 19.9 Å². The number of nitrogens with one attached hydrogen (secondary N) is 3. The maximum absolute atomic E-state index is 12.8. The Balaban J connectivity index is 0.00000385. The minimum Gasteiger partial charge on any atom is -0.454 e. The number of carbonyl (C=O) groups is 1. The molecule has 0 bridgehead atoms. The summed E-state index contributed by atoms with van der Waals surface area (Å²) in [6.45, 7) is 0.419. The SMILES string of the molecule is CCNC(=NCc1cc2c(cc1OC(F)F)OCO2)NCCC(=O)NCc1ccccc1.I. The molecule has 8 nitrogen and oxygen atoms in total. The van der Waals surface area contributed by atoms with Crippen LogP contribution in [0.3, 0.4) is 0 Å². The quantitative estimate of drug-likeness (QED) is 0.228. The number of guanidine groups is 1. The Labute approximate surface area is 208 Å². The summed E-state index contributed by atoms with van der Waals surface area (Å²) in [5, 5.41) is 8.98. The number of rotatable bonds is 10. The van der Waals surface area contributed by atoms with Gasteiger partial charge in [-0.3, -0.25) is 4.79 Å². The first-order valence-corrected chi connectivity index (χ1v) is 10.2. The summed E-state index contributed by atoms with van der Waals surface area (Å²) in [5.74, 6) is 1.12. The van der Waals surface area contributed by atoms with Crippen LogP contribution in [0, 0.1) is 0 Å². The second-order valence-electron chi connectivity index (χ2n) is 6.83. The van der Waals surface area contributed by atoms with Crippen LogP contribution in [0.15, 0.2) is 47.5 Å². The Bertz CT molecular complexity index is 932. The molecule has 0 unspecified atom stereocenters. The van der Waals surface area contributed by atoms with E-state index in [1.807, 2.05) is 37.3 Å². The molecule has 1 aliphatic heterocycles. The predicted octanol–water partition coefficient (Wildman–Crippen LogP) is 3.40. The molecular formula is C22H27F2IN4O4. The second-order valence-corrected chi connectivity index (χ2v) is 6.83. The summed E-state index contributed by atoms with van der Waals surface area (Å²) in [6, 6.07) is 12.6. The highest BCUT2D eigenvalue weighted by molar-refractivity contribution is 14.0. The van der Waals surface area contributed by atoms with Crippen LogP contribution < -0.4 is 30.2 Å². The lowest BCUT2D eigenvalue weighted by Crippen LogP contribution is -2.39. The van der Waals surface area contributed by atoms with E-state index >= 15 is 0 Å². The van der Waals surface area contributed by atoms with E-state index in [9.17, 15) is 13.6 Å². The Morgan fingerprint density at radius 1 is 1.12 bits per heavy atom. The third-order valence-corrected chi connectivity index (χ3v) is 4.50. The molecule has 0 saturated heterocycles. The smallest absolute Gasteiger partial charge is 0.387 e. The van der Waals surface area contributed by atoms with E-state index < -0.39 is 6.61 Å². The molecule has 1 amide bonds. The lowest BCUT2D eigenvalue weighted by molar-refractivity contribution is -0.121. The number of ether oxygens (including phenoxy) is 3. The number of hydrogen-bond donors (Lipinski definition) is 3. The normalized spacial score (nSPS) is 12.2. The average molecular weight is 576 g/mol. The zero-order valence-electron chi connectivity index (χ0n) is 18.1. The highest BCUT2D eigenvalue weighted by atomic mass is 127. The molecule has 2 aromatic carbocycles. The third-order valence-electron chi connectivity index (χ3n) is 4.50. The number of amides is 1. The number of benzene rings is 2. The number of hydrogen-bond acceptors (Lipinski definition) is 5. The molecule has 1 aliphatic rings. The monoisotopic (exact) mass is 576 g/mol. The second kappa shape index (κ2) is 13.7. The number of carbonyl (C=O) groups excluding carboxylic acids is 1. The van der Waals surface area contributed by atoms with Gasteiger partial charge < -0.3 is 30.2 Å². The molecule has 0 atom stereocenters. The van der Waals surface area contributed by atoms with Crippen molar-refractivity contribution in [3.63, 3.8) is 0 Å². The van der Waals surface area contributed by atoms with Crippen LogP contribution in [-0.4, -0.2) is 38.4 Å². The highest BCUT2D eigenvalue weighted by Crippen LogP contribution is 2.39. The Morgan fingerprint density at radius 2 is 1.85 bits per heavy atom. The molecule has 0 aromatic heterocycles. The number of fused-ring (bicyclic) bond motifs is 1. The summed E-state index contributed by atoms with van der Waals surface area (Å²) >= 11 is 0. The molecule has 0 aliphatic carbocycles. The molecule has 0 radical (unpaired) electrons. The maximum atomic E-state index is 12.8. The highest BCUT2D eigenvalue weighted by Gasteiger charge is 2.20. The van der Waals surface area contributed by atoms with Crippen LogP contribution in [0.4, 0.5) is 8.78 Å². The van der Waals surface area contributed by atoms with E-state index in [0.29, 0.717) is 42.7 Å².